The molecule has 0 aromatic carbocycles. The van der Waals surface area contributed by atoms with Crippen molar-refractivity contribution in [3.05, 3.63) is 12.7 Å². The fourth-order valence-corrected chi connectivity index (χ4v) is 0.754. The first-order valence-corrected chi connectivity index (χ1v) is 4.29. The summed E-state index contributed by atoms with van der Waals surface area (Å²) >= 11 is 0. The van der Waals surface area contributed by atoms with Gasteiger partial charge in [0.05, 0.1) is 0 Å². The highest BCUT2D eigenvalue weighted by atomic mass is 16.2. The summed E-state index contributed by atoms with van der Waals surface area (Å²) in [5, 5.41) is 5.24. The Bertz CT molecular complexity index is 190. The van der Waals surface area contributed by atoms with E-state index >= 15 is 0 Å². The van der Waals surface area contributed by atoms with E-state index in [2.05, 4.69) is 17.2 Å². The molecule has 4 heteroatoms. The molecular formula is C9H16N2O2. The minimum Gasteiger partial charge on any atom is -0.356 e. The highest BCUT2D eigenvalue weighted by Gasteiger charge is 1.99. The van der Waals surface area contributed by atoms with Crippen LogP contribution in [0.3, 0.4) is 0 Å². The van der Waals surface area contributed by atoms with Crippen molar-refractivity contribution >= 4 is 11.8 Å². The number of hydrogen-bond acceptors (Lipinski definition) is 2. The summed E-state index contributed by atoms with van der Waals surface area (Å²) in [4.78, 5) is 21.4. The molecule has 0 aliphatic rings. The van der Waals surface area contributed by atoms with Crippen LogP contribution >= 0.6 is 0 Å². The largest absolute Gasteiger partial charge is 0.356 e. The monoisotopic (exact) mass is 184 g/mol. The molecule has 2 N–H and O–H groups in total. The smallest absolute Gasteiger partial charge is 0.221 e. The molecule has 0 saturated heterocycles. The number of nitrogens with one attached hydrogen (secondary N) is 2. The third-order valence-corrected chi connectivity index (χ3v) is 1.40. The van der Waals surface area contributed by atoms with E-state index in [1.54, 1.807) is 6.08 Å². The van der Waals surface area contributed by atoms with Gasteiger partial charge in [-0.1, -0.05) is 6.08 Å². The van der Waals surface area contributed by atoms with Crippen molar-refractivity contribution in [1.82, 2.24) is 10.6 Å². The third-order valence-electron chi connectivity index (χ3n) is 1.40. The molecule has 0 aromatic rings. The zero-order valence-electron chi connectivity index (χ0n) is 7.93. The van der Waals surface area contributed by atoms with Crippen LogP contribution in [0.1, 0.15) is 19.8 Å². The van der Waals surface area contributed by atoms with Gasteiger partial charge in [0, 0.05) is 26.4 Å². The van der Waals surface area contributed by atoms with Gasteiger partial charge in [0.1, 0.15) is 0 Å². The fourth-order valence-electron chi connectivity index (χ4n) is 0.754. The predicted octanol–water partition coefficient (Wildman–Crippen LogP) is 0.205. The summed E-state index contributed by atoms with van der Waals surface area (Å²) in [5.74, 6) is -0.158. The maximum atomic E-state index is 11.0. The number of carbonyl (C=O) groups excluding carboxylic acids is 2. The standard InChI is InChI=1S/C9H16N2O2/c1-3-4-6-11-9(13)5-7-10-8(2)12/h3H,1,4-7H2,2H3,(H,10,12)(H,11,13). The number of carbonyl (C=O) groups is 2. The van der Waals surface area contributed by atoms with Crippen molar-refractivity contribution in [3.8, 4) is 0 Å². The highest BCUT2D eigenvalue weighted by molar-refractivity contribution is 5.77. The Morgan fingerprint density at radius 1 is 1.31 bits per heavy atom. The molecule has 0 saturated carbocycles. The van der Waals surface area contributed by atoms with Gasteiger partial charge in [-0.2, -0.15) is 0 Å². The van der Waals surface area contributed by atoms with Crippen LogP contribution in [0.2, 0.25) is 0 Å². The lowest BCUT2D eigenvalue weighted by molar-refractivity contribution is -0.121. The zero-order chi connectivity index (χ0) is 10.1. The molecule has 0 fully saturated rings. The molecule has 74 valence electrons. The Hall–Kier alpha value is -1.32. The molecular weight excluding hydrogens is 168 g/mol. The van der Waals surface area contributed by atoms with Crippen LogP contribution in [0, 0.1) is 0 Å². The first kappa shape index (κ1) is 11.7. The van der Waals surface area contributed by atoms with Gasteiger partial charge in [-0.15, -0.1) is 6.58 Å². The summed E-state index contributed by atoms with van der Waals surface area (Å²) in [5.41, 5.74) is 0. The lowest BCUT2D eigenvalue weighted by atomic mass is 10.3. The second kappa shape index (κ2) is 7.34. The molecule has 2 amide bonds. The van der Waals surface area contributed by atoms with E-state index in [1.165, 1.54) is 6.92 Å². The maximum Gasteiger partial charge on any atom is 0.221 e. The molecule has 0 spiro atoms. The molecule has 0 radical (unpaired) electrons. The van der Waals surface area contributed by atoms with Gasteiger partial charge in [-0.05, 0) is 6.42 Å². The van der Waals surface area contributed by atoms with Gasteiger partial charge in [0.15, 0.2) is 0 Å². The summed E-state index contributed by atoms with van der Waals surface area (Å²) in [6.07, 6.45) is 2.84. The molecule has 0 bridgehead atoms. The van der Waals surface area contributed by atoms with Gasteiger partial charge in [-0.3, -0.25) is 9.59 Å². The first-order chi connectivity index (χ1) is 6.16. The van der Waals surface area contributed by atoms with Crippen molar-refractivity contribution in [3.63, 3.8) is 0 Å². The molecule has 4 nitrogen and oxygen atoms in total. The van der Waals surface area contributed by atoms with Crippen molar-refractivity contribution in [2.24, 2.45) is 0 Å². The van der Waals surface area contributed by atoms with Crippen LogP contribution in [0.15, 0.2) is 12.7 Å². The topological polar surface area (TPSA) is 58.2 Å². The van der Waals surface area contributed by atoms with E-state index < -0.39 is 0 Å². The highest BCUT2D eigenvalue weighted by Crippen LogP contribution is 1.80. The van der Waals surface area contributed by atoms with Crippen LogP contribution < -0.4 is 10.6 Å². The first-order valence-electron chi connectivity index (χ1n) is 4.29. The molecule has 0 atom stereocenters. The van der Waals surface area contributed by atoms with Crippen LogP contribution in [0.5, 0.6) is 0 Å². The predicted molar refractivity (Wildman–Crippen MR) is 51.1 cm³/mol. The SMILES string of the molecule is C=CCCNC(=O)CCNC(C)=O. The molecule has 0 aliphatic carbocycles. The quantitative estimate of drug-likeness (QED) is 0.458. The molecule has 0 rings (SSSR count). The Morgan fingerprint density at radius 3 is 2.54 bits per heavy atom. The van der Waals surface area contributed by atoms with Crippen molar-refractivity contribution in [2.45, 2.75) is 19.8 Å². The molecule has 0 aliphatic heterocycles. The number of amides is 2. The summed E-state index contributed by atoms with van der Waals surface area (Å²) in [6.45, 7) is 5.97. The van der Waals surface area contributed by atoms with Gasteiger partial charge >= 0.3 is 0 Å². The van der Waals surface area contributed by atoms with Crippen LogP contribution in [0.4, 0.5) is 0 Å². The Labute approximate surface area is 78.4 Å². The average molecular weight is 184 g/mol. The van der Waals surface area contributed by atoms with E-state index in [9.17, 15) is 9.59 Å². The van der Waals surface area contributed by atoms with Gasteiger partial charge in [0.25, 0.3) is 0 Å². The Balaban J connectivity index is 3.30. The van der Waals surface area contributed by atoms with Crippen LogP contribution in [0.25, 0.3) is 0 Å². The zero-order valence-corrected chi connectivity index (χ0v) is 7.93. The lowest BCUT2D eigenvalue weighted by Crippen LogP contribution is -2.29. The van der Waals surface area contributed by atoms with E-state index in [0.29, 0.717) is 19.5 Å². The average Bonchev–Trinajstić information content (AvgIpc) is 2.04. The van der Waals surface area contributed by atoms with Crippen molar-refractivity contribution in [1.29, 1.82) is 0 Å². The number of rotatable bonds is 6. The second-order valence-electron chi connectivity index (χ2n) is 2.66. The van der Waals surface area contributed by atoms with E-state index in [0.717, 1.165) is 6.42 Å². The van der Waals surface area contributed by atoms with E-state index in [-0.39, 0.29) is 11.8 Å². The third kappa shape index (κ3) is 8.59. The van der Waals surface area contributed by atoms with Crippen molar-refractivity contribution in [2.75, 3.05) is 13.1 Å². The fraction of sp³-hybridized carbons (Fsp3) is 0.556. The van der Waals surface area contributed by atoms with Crippen LogP contribution in [-0.4, -0.2) is 24.9 Å². The van der Waals surface area contributed by atoms with Crippen molar-refractivity contribution < 1.29 is 9.59 Å². The molecule has 0 heterocycles. The summed E-state index contributed by atoms with van der Waals surface area (Å²) in [7, 11) is 0. The van der Waals surface area contributed by atoms with Gasteiger partial charge in [-0.25, -0.2) is 0 Å². The molecule has 0 unspecified atom stereocenters. The maximum absolute atomic E-state index is 11.0. The lowest BCUT2D eigenvalue weighted by Gasteiger charge is -2.03. The summed E-state index contributed by atoms with van der Waals surface area (Å²) < 4.78 is 0. The molecule has 0 aromatic heterocycles. The minimum atomic E-state index is -0.112. The van der Waals surface area contributed by atoms with Crippen LogP contribution in [-0.2, 0) is 9.59 Å². The Morgan fingerprint density at radius 2 is 2.00 bits per heavy atom. The van der Waals surface area contributed by atoms with E-state index in [4.69, 9.17) is 0 Å². The minimum absolute atomic E-state index is 0.0457. The van der Waals surface area contributed by atoms with Gasteiger partial charge < -0.3 is 10.6 Å². The molecule has 13 heavy (non-hydrogen) atoms. The number of hydrogen-bond donors (Lipinski definition) is 2. The second-order valence-corrected chi connectivity index (χ2v) is 2.66. The van der Waals surface area contributed by atoms with E-state index in [1.807, 2.05) is 0 Å². The Kier molecular flexibility index (Phi) is 6.59. The normalized spacial score (nSPS) is 9.00. The van der Waals surface area contributed by atoms with Gasteiger partial charge in [0.2, 0.25) is 11.8 Å². The summed E-state index contributed by atoms with van der Waals surface area (Å²) in [6, 6.07) is 0.